The van der Waals surface area contributed by atoms with Gasteiger partial charge >= 0.3 is 6.18 Å². The standard InChI is InChI=1S/C17H23F3O2/c1-6-8-9-10-14(4)15(5)22-12-16(21,17(18,19)20)11-13(3)7-2/h7-10,21H,2-3,5-6,11-12H2,1,4H3/b9-8-,14-10-. The Hall–Kier alpha value is -1.75. The van der Waals surface area contributed by atoms with Gasteiger partial charge in [0.05, 0.1) is 0 Å². The highest BCUT2D eigenvalue weighted by atomic mass is 19.4. The van der Waals surface area contributed by atoms with E-state index >= 15 is 0 Å². The molecule has 0 saturated heterocycles. The smallest absolute Gasteiger partial charge is 0.420 e. The first-order valence-corrected chi connectivity index (χ1v) is 6.82. The van der Waals surface area contributed by atoms with Crippen molar-refractivity contribution in [2.24, 2.45) is 0 Å². The van der Waals surface area contributed by atoms with Crippen LogP contribution >= 0.6 is 0 Å². The van der Waals surface area contributed by atoms with E-state index in [1.165, 1.54) is 6.08 Å². The molecule has 22 heavy (non-hydrogen) atoms. The van der Waals surface area contributed by atoms with Crippen LogP contribution in [0, 0.1) is 0 Å². The third kappa shape index (κ3) is 6.35. The lowest BCUT2D eigenvalue weighted by Gasteiger charge is -2.31. The van der Waals surface area contributed by atoms with Crippen molar-refractivity contribution >= 4 is 0 Å². The first-order valence-electron chi connectivity index (χ1n) is 6.82. The lowest BCUT2D eigenvalue weighted by atomic mass is 9.95. The number of rotatable bonds is 9. The van der Waals surface area contributed by atoms with Crippen molar-refractivity contribution in [2.45, 2.75) is 38.5 Å². The number of aliphatic hydroxyl groups is 1. The molecule has 0 spiro atoms. The van der Waals surface area contributed by atoms with Crippen LogP contribution in [0.3, 0.4) is 0 Å². The lowest BCUT2D eigenvalue weighted by molar-refractivity contribution is -0.271. The van der Waals surface area contributed by atoms with Crippen LogP contribution in [0.25, 0.3) is 0 Å². The van der Waals surface area contributed by atoms with Crippen molar-refractivity contribution in [3.8, 4) is 0 Å². The molecule has 0 radical (unpaired) electrons. The zero-order valence-corrected chi connectivity index (χ0v) is 13.0. The van der Waals surface area contributed by atoms with Gasteiger partial charge in [0.1, 0.15) is 12.4 Å². The summed E-state index contributed by atoms with van der Waals surface area (Å²) in [5, 5.41) is 9.86. The Bertz CT molecular complexity index is 473. The molecule has 0 heterocycles. The van der Waals surface area contributed by atoms with Gasteiger partial charge < -0.3 is 9.84 Å². The second-order valence-electron chi connectivity index (χ2n) is 4.97. The summed E-state index contributed by atoms with van der Waals surface area (Å²) < 4.78 is 44.1. The van der Waals surface area contributed by atoms with Crippen LogP contribution in [0.5, 0.6) is 0 Å². The van der Waals surface area contributed by atoms with Crippen molar-refractivity contribution in [3.63, 3.8) is 0 Å². The maximum atomic E-state index is 13.0. The van der Waals surface area contributed by atoms with Gasteiger partial charge in [-0.25, -0.2) is 0 Å². The first kappa shape index (κ1) is 20.2. The first-order chi connectivity index (χ1) is 10.1. The average Bonchev–Trinajstić information content (AvgIpc) is 2.43. The van der Waals surface area contributed by atoms with Gasteiger partial charge in [-0.1, -0.05) is 56.5 Å². The molecule has 0 bridgehead atoms. The highest BCUT2D eigenvalue weighted by Gasteiger charge is 2.54. The van der Waals surface area contributed by atoms with E-state index in [0.29, 0.717) is 5.57 Å². The molecule has 0 aliphatic heterocycles. The molecular weight excluding hydrogens is 293 g/mol. The summed E-state index contributed by atoms with van der Waals surface area (Å²) in [7, 11) is 0. The molecule has 1 unspecified atom stereocenters. The zero-order valence-electron chi connectivity index (χ0n) is 13.0. The fourth-order valence-corrected chi connectivity index (χ4v) is 1.44. The topological polar surface area (TPSA) is 29.5 Å². The summed E-state index contributed by atoms with van der Waals surface area (Å²) in [5.74, 6) is 0.0765. The molecule has 1 atom stereocenters. The molecule has 0 aromatic carbocycles. The number of ether oxygens (including phenoxy) is 1. The molecule has 124 valence electrons. The van der Waals surface area contributed by atoms with Crippen LogP contribution in [0.1, 0.15) is 26.7 Å². The third-order valence-electron chi connectivity index (χ3n) is 2.98. The Morgan fingerprint density at radius 2 is 1.86 bits per heavy atom. The van der Waals surface area contributed by atoms with Gasteiger partial charge in [-0.15, -0.1) is 0 Å². The number of allylic oxidation sites excluding steroid dienone is 5. The van der Waals surface area contributed by atoms with E-state index in [1.807, 2.05) is 13.0 Å². The van der Waals surface area contributed by atoms with Crippen molar-refractivity contribution in [1.29, 1.82) is 0 Å². The second-order valence-corrected chi connectivity index (χ2v) is 4.97. The maximum absolute atomic E-state index is 13.0. The Morgan fingerprint density at radius 1 is 1.27 bits per heavy atom. The molecule has 0 fully saturated rings. The van der Waals surface area contributed by atoms with Crippen molar-refractivity contribution < 1.29 is 23.0 Å². The fraction of sp³-hybridized carbons (Fsp3) is 0.412. The average molecular weight is 316 g/mol. The number of hydrogen-bond donors (Lipinski definition) is 1. The second kappa shape index (κ2) is 8.63. The molecule has 0 aliphatic rings. The summed E-state index contributed by atoms with van der Waals surface area (Å²) >= 11 is 0. The molecule has 2 nitrogen and oxygen atoms in total. The minimum atomic E-state index is -4.85. The van der Waals surface area contributed by atoms with Gasteiger partial charge in [0, 0.05) is 6.42 Å². The normalized spacial score (nSPS) is 15.5. The molecule has 0 aromatic rings. The van der Waals surface area contributed by atoms with Crippen LogP contribution in [0.4, 0.5) is 13.2 Å². The van der Waals surface area contributed by atoms with Crippen molar-refractivity contribution in [1.82, 2.24) is 0 Å². The number of halogens is 3. The third-order valence-corrected chi connectivity index (χ3v) is 2.98. The van der Waals surface area contributed by atoms with Crippen LogP contribution < -0.4 is 0 Å². The lowest BCUT2D eigenvalue weighted by Crippen LogP contribution is -2.49. The summed E-state index contributed by atoms with van der Waals surface area (Å²) in [6.07, 6.45) is 1.79. The van der Waals surface area contributed by atoms with Crippen LogP contribution in [-0.4, -0.2) is 23.5 Å². The van der Waals surface area contributed by atoms with Crippen LogP contribution in [0.2, 0.25) is 0 Å². The van der Waals surface area contributed by atoms with Gasteiger partial charge in [0.15, 0.2) is 5.60 Å². The molecule has 0 aliphatic carbocycles. The van der Waals surface area contributed by atoms with Gasteiger partial charge in [0.25, 0.3) is 0 Å². The predicted octanol–water partition coefficient (Wildman–Crippen LogP) is 4.85. The number of alkyl halides is 3. The Balaban J connectivity index is 4.94. The van der Waals surface area contributed by atoms with Gasteiger partial charge in [-0.05, 0) is 18.9 Å². The summed E-state index contributed by atoms with van der Waals surface area (Å²) in [6.45, 7) is 13.0. The van der Waals surface area contributed by atoms with Crippen LogP contribution in [0.15, 0.2) is 60.9 Å². The quantitative estimate of drug-likeness (QED) is 0.486. The SMILES string of the molecule is C=CC(=C)CC(O)(COC(=C)/C(C)=C\C=C/CC)C(F)(F)F. The van der Waals surface area contributed by atoms with Crippen molar-refractivity contribution in [3.05, 3.63) is 60.9 Å². The molecule has 1 N–H and O–H groups in total. The molecule has 0 amide bonds. The van der Waals surface area contributed by atoms with E-state index in [-0.39, 0.29) is 11.3 Å². The molecule has 5 heteroatoms. The van der Waals surface area contributed by atoms with Gasteiger partial charge in [-0.3, -0.25) is 0 Å². The molecule has 0 rings (SSSR count). The predicted molar refractivity (Wildman–Crippen MR) is 83.2 cm³/mol. The zero-order chi connectivity index (χ0) is 17.4. The highest BCUT2D eigenvalue weighted by molar-refractivity contribution is 5.25. The van der Waals surface area contributed by atoms with E-state index in [4.69, 9.17) is 4.74 Å². The van der Waals surface area contributed by atoms with Gasteiger partial charge in [-0.2, -0.15) is 13.2 Å². The van der Waals surface area contributed by atoms with Crippen molar-refractivity contribution in [2.75, 3.05) is 6.61 Å². The number of hydrogen-bond acceptors (Lipinski definition) is 2. The fourth-order valence-electron chi connectivity index (χ4n) is 1.44. The molecule has 0 aromatic heterocycles. The molecule has 0 saturated carbocycles. The monoisotopic (exact) mass is 316 g/mol. The Kier molecular flexibility index (Phi) is 7.95. The summed E-state index contributed by atoms with van der Waals surface area (Å²) in [6, 6.07) is 0. The van der Waals surface area contributed by atoms with E-state index in [9.17, 15) is 18.3 Å². The summed E-state index contributed by atoms with van der Waals surface area (Å²) in [4.78, 5) is 0. The summed E-state index contributed by atoms with van der Waals surface area (Å²) in [5.41, 5.74) is -2.37. The molecular formula is C17H23F3O2. The van der Waals surface area contributed by atoms with E-state index in [2.05, 4.69) is 19.7 Å². The largest absolute Gasteiger partial charge is 0.491 e. The Labute approximate surface area is 130 Å². The van der Waals surface area contributed by atoms with E-state index < -0.39 is 24.8 Å². The maximum Gasteiger partial charge on any atom is 0.420 e. The Morgan fingerprint density at radius 3 is 2.32 bits per heavy atom. The van der Waals surface area contributed by atoms with E-state index in [0.717, 1.165) is 6.42 Å². The minimum absolute atomic E-state index is 0.0761. The van der Waals surface area contributed by atoms with Gasteiger partial charge in [0.2, 0.25) is 0 Å². The minimum Gasteiger partial charge on any atom is -0.491 e. The highest BCUT2D eigenvalue weighted by Crippen LogP contribution is 2.36. The van der Waals surface area contributed by atoms with Crippen LogP contribution in [-0.2, 0) is 4.74 Å². The van der Waals surface area contributed by atoms with E-state index in [1.54, 1.807) is 19.1 Å².